The molecule has 0 heterocycles. The van der Waals surface area contributed by atoms with Crippen LogP contribution in [-0.4, -0.2) is 50.0 Å². The van der Waals surface area contributed by atoms with Gasteiger partial charge in [0.25, 0.3) is 0 Å². The summed E-state index contributed by atoms with van der Waals surface area (Å²) >= 11 is 6.22. The van der Waals surface area contributed by atoms with Crippen molar-refractivity contribution in [1.29, 1.82) is 0 Å². The van der Waals surface area contributed by atoms with Gasteiger partial charge in [0.1, 0.15) is 12.6 Å². The minimum Gasteiger partial charge on any atom is -0.352 e. The van der Waals surface area contributed by atoms with Gasteiger partial charge in [0, 0.05) is 24.0 Å². The van der Waals surface area contributed by atoms with Crippen molar-refractivity contribution in [3.63, 3.8) is 0 Å². The molecule has 1 fully saturated rings. The van der Waals surface area contributed by atoms with Crippen LogP contribution in [0.5, 0.6) is 0 Å². The molecule has 0 saturated heterocycles. The first-order valence-electron chi connectivity index (χ1n) is 14.0. The number of hydrogen-bond acceptors (Lipinski definition) is 4. The Hall–Kier alpha value is -3.36. The van der Waals surface area contributed by atoms with Crippen molar-refractivity contribution in [3.8, 4) is 0 Å². The summed E-state index contributed by atoms with van der Waals surface area (Å²) in [6, 6.07) is 23.2. The average Bonchev–Trinajstić information content (AvgIpc) is 2.96. The van der Waals surface area contributed by atoms with Crippen molar-refractivity contribution >= 4 is 39.1 Å². The van der Waals surface area contributed by atoms with Crippen molar-refractivity contribution in [3.05, 3.63) is 101 Å². The quantitative estimate of drug-likeness (QED) is 0.317. The molecule has 1 N–H and O–H groups in total. The number of aryl methyl sites for hydroxylation is 1. The van der Waals surface area contributed by atoms with Crippen LogP contribution >= 0.6 is 11.6 Å². The first kappa shape index (κ1) is 30.6. The summed E-state index contributed by atoms with van der Waals surface area (Å²) in [5, 5.41) is 3.57. The largest absolute Gasteiger partial charge is 0.352 e. The zero-order chi connectivity index (χ0) is 29.4. The molecule has 1 aliphatic rings. The minimum absolute atomic E-state index is 0.0600. The van der Waals surface area contributed by atoms with E-state index < -0.39 is 28.5 Å². The number of nitrogens with one attached hydrogen (secondary N) is 1. The number of sulfonamides is 1. The van der Waals surface area contributed by atoms with Crippen LogP contribution in [0.15, 0.2) is 78.9 Å². The van der Waals surface area contributed by atoms with Crippen molar-refractivity contribution in [2.75, 3.05) is 17.1 Å². The summed E-state index contributed by atoms with van der Waals surface area (Å²) in [5.74, 6) is -0.701. The van der Waals surface area contributed by atoms with E-state index in [1.54, 1.807) is 25.1 Å². The summed E-state index contributed by atoms with van der Waals surface area (Å²) in [7, 11) is -3.86. The molecule has 0 bridgehead atoms. The van der Waals surface area contributed by atoms with E-state index in [0.29, 0.717) is 22.7 Å². The molecule has 1 atom stereocenters. The van der Waals surface area contributed by atoms with Crippen molar-refractivity contribution in [1.82, 2.24) is 10.2 Å². The van der Waals surface area contributed by atoms with E-state index in [4.69, 9.17) is 11.6 Å². The van der Waals surface area contributed by atoms with Crippen LogP contribution in [0, 0.1) is 6.92 Å². The molecule has 41 heavy (non-hydrogen) atoms. The second-order valence-corrected chi connectivity index (χ2v) is 13.1. The molecule has 9 heteroatoms. The second-order valence-electron chi connectivity index (χ2n) is 10.8. The van der Waals surface area contributed by atoms with Gasteiger partial charge in [-0.25, -0.2) is 8.42 Å². The lowest BCUT2D eigenvalue weighted by molar-refractivity contribution is -0.140. The van der Waals surface area contributed by atoms with Crippen molar-refractivity contribution < 1.29 is 18.0 Å². The molecule has 0 radical (unpaired) electrons. The fourth-order valence-corrected chi connectivity index (χ4v) is 6.39. The lowest BCUT2D eigenvalue weighted by atomic mass is 9.94. The van der Waals surface area contributed by atoms with Gasteiger partial charge in [-0.15, -0.1) is 0 Å². The minimum atomic E-state index is -3.86. The predicted molar refractivity (Wildman–Crippen MR) is 164 cm³/mol. The lowest BCUT2D eigenvalue weighted by Gasteiger charge is -2.35. The van der Waals surface area contributed by atoms with E-state index in [0.717, 1.165) is 53.8 Å². The maximum atomic E-state index is 14.2. The third-order valence-electron chi connectivity index (χ3n) is 7.54. The first-order chi connectivity index (χ1) is 19.6. The molecule has 1 aliphatic carbocycles. The molecule has 0 aromatic heterocycles. The maximum absolute atomic E-state index is 14.2. The fourth-order valence-electron chi connectivity index (χ4n) is 5.32. The van der Waals surface area contributed by atoms with Crippen molar-refractivity contribution in [2.45, 2.75) is 64.1 Å². The Bertz CT molecular complexity index is 1430. The van der Waals surface area contributed by atoms with Crippen molar-refractivity contribution in [2.24, 2.45) is 0 Å². The standard InChI is InChI=1S/C32H38ClN3O4S/c1-24-18-19-27(33)21-29(24)36(41(2,39)40)23-31(37)35(22-26-14-8-4-9-15-26)30(20-25-12-6-3-7-13-25)32(38)34-28-16-10-5-11-17-28/h3-4,6-9,12-15,18-19,21,28,30H,5,10-11,16-17,20,22-23H2,1-2H3,(H,34,38)/t30-/m0/s1. The van der Waals surface area contributed by atoms with Gasteiger partial charge in [-0.2, -0.15) is 0 Å². The monoisotopic (exact) mass is 595 g/mol. The summed E-state index contributed by atoms with van der Waals surface area (Å²) in [4.78, 5) is 29.7. The maximum Gasteiger partial charge on any atom is 0.244 e. The predicted octanol–water partition coefficient (Wildman–Crippen LogP) is 5.50. The van der Waals surface area contributed by atoms with E-state index in [9.17, 15) is 18.0 Å². The van der Waals surface area contributed by atoms with Gasteiger partial charge in [0.15, 0.2) is 0 Å². The number of carbonyl (C=O) groups excluding carboxylic acids is 2. The van der Waals surface area contributed by atoms with Gasteiger partial charge < -0.3 is 10.2 Å². The highest BCUT2D eigenvalue weighted by Crippen LogP contribution is 2.27. The van der Waals surface area contributed by atoms with Gasteiger partial charge in [-0.3, -0.25) is 13.9 Å². The fraction of sp³-hybridized carbons (Fsp3) is 0.375. The molecule has 3 aromatic rings. The van der Waals surface area contributed by atoms with Gasteiger partial charge in [0.2, 0.25) is 21.8 Å². The smallest absolute Gasteiger partial charge is 0.244 e. The van der Waals surface area contributed by atoms with Gasteiger partial charge in [-0.1, -0.05) is 97.6 Å². The summed E-state index contributed by atoms with van der Waals surface area (Å²) in [6.07, 6.45) is 6.46. The summed E-state index contributed by atoms with van der Waals surface area (Å²) in [5.41, 5.74) is 2.75. The Morgan fingerprint density at radius 2 is 1.54 bits per heavy atom. The number of amides is 2. The second kappa shape index (κ2) is 14.0. The summed E-state index contributed by atoms with van der Waals surface area (Å²) < 4.78 is 27.1. The zero-order valence-electron chi connectivity index (χ0n) is 23.6. The number of halogens is 1. The number of nitrogens with zero attached hydrogens (tertiary/aromatic N) is 2. The van der Waals surface area contributed by atoms with Crippen LogP contribution in [0.2, 0.25) is 5.02 Å². The highest BCUT2D eigenvalue weighted by molar-refractivity contribution is 7.92. The molecule has 0 spiro atoms. The molecule has 3 aromatic carbocycles. The molecular formula is C32H38ClN3O4S. The van der Waals surface area contributed by atoms with Crippen LogP contribution in [0.4, 0.5) is 5.69 Å². The first-order valence-corrected chi connectivity index (χ1v) is 16.3. The van der Waals surface area contributed by atoms with Crippen LogP contribution in [0.3, 0.4) is 0 Å². The Labute approximate surface area is 248 Å². The topological polar surface area (TPSA) is 86.8 Å². The third-order valence-corrected chi connectivity index (χ3v) is 8.90. The number of rotatable bonds is 11. The van der Waals surface area contributed by atoms with Gasteiger partial charge in [-0.05, 0) is 48.6 Å². The summed E-state index contributed by atoms with van der Waals surface area (Å²) in [6.45, 7) is 1.46. The van der Waals surface area contributed by atoms with E-state index in [1.165, 1.54) is 4.90 Å². The Morgan fingerprint density at radius 1 is 0.927 bits per heavy atom. The Morgan fingerprint density at radius 3 is 2.15 bits per heavy atom. The molecule has 1 saturated carbocycles. The molecular weight excluding hydrogens is 558 g/mol. The normalized spacial score (nSPS) is 14.7. The number of carbonyl (C=O) groups is 2. The van der Waals surface area contributed by atoms with E-state index >= 15 is 0 Å². The average molecular weight is 596 g/mol. The molecule has 0 unspecified atom stereocenters. The Balaban J connectivity index is 1.72. The van der Waals surface area contributed by atoms with E-state index in [1.807, 2.05) is 60.7 Å². The van der Waals surface area contributed by atoms with Crippen LogP contribution in [0.1, 0.15) is 48.8 Å². The van der Waals surface area contributed by atoms with Crippen LogP contribution < -0.4 is 9.62 Å². The number of hydrogen-bond donors (Lipinski definition) is 1. The lowest BCUT2D eigenvalue weighted by Crippen LogP contribution is -2.55. The molecule has 0 aliphatic heterocycles. The molecule has 7 nitrogen and oxygen atoms in total. The molecule has 2 amide bonds. The third kappa shape index (κ3) is 8.57. The van der Waals surface area contributed by atoms with Crippen LogP contribution in [-0.2, 0) is 32.6 Å². The highest BCUT2D eigenvalue weighted by Gasteiger charge is 2.34. The highest BCUT2D eigenvalue weighted by atomic mass is 35.5. The van der Waals surface area contributed by atoms with E-state index in [-0.39, 0.29) is 18.5 Å². The number of benzene rings is 3. The van der Waals surface area contributed by atoms with Crippen LogP contribution in [0.25, 0.3) is 0 Å². The van der Waals surface area contributed by atoms with E-state index in [2.05, 4.69) is 5.32 Å². The SMILES string of the molecule is Cc1ccc(Cl)cc1N(CC(=O)N(Cc1ccccc1)[C@@H](Cc1ccccc1)C(=O)NC1CCCCC1)S(C)(=O)=O. The Kier molecular flexibility index (Phi) is 10.5. The molecule has 218 valence electrons. The van der Waals surface area contributed by atoms with Gasteiger partial charge >= 0.3 is 0 Å². The number of anilines is 1. The molecule has 4 rings (SSSR count). The zero-order valence-corrected chi connectivity index (χ0v) is 25.2. The van der Waals surface area contributed by atoms with Gasteiger partial charge in [0.05, 0.1) is 11.9 Å².